The maximum absolute atomic E-state index is 13.7. The molecule has 0 N–H and O–H groups in total. The number of amides is 1. The molecule has 5 rings (SSSR count). The first-order chi connectivity index (χ1) is 18.9. The second-order valence-corrected chi connectivity index (χ2v) is 10.5. The van der Waals surface area contributed by atoms with Gasteiger partial charge in [0.15, 0.2) is 5.65 Å². The number of fused-ring (bicyclic) bond motifs is 1. The van der Waals surface area contributed by atoms with Gasteiger partial charge < -0.3 is 14.5 Å². The van der Waals surface area contributed by atoms with Crippen LogP contribution in [0, 0.1) is 18.7 Å². The average molecular weight is 537 g/mol. The second kappa shape index (κ2) is 12.1. The Morgan fingerprint density at radius 2 is 1.72 bits per heavy atom. The lowest BCUT2D eigenvalue weighted by molar-refractivity contribution is -0.145. The Labute approximate surface area is 228 Å². The number of esters is 1. The minimum Gasteiger partial charge on any atom is -0.466 e. The van der Waals surface area contributed by atoms with E-state index in [2.05, 4.69) is 4.90 Å². The molecule has 2 fully saturated rings. The van der Waals surface area contributed by atoms with Crippen LogP contribution >= 0.6 is 0 Å². The third-order valence-electron chi connectivity index (χ3n) is 7.78. The van der Waals surface area contributed by atoms with Crippen molar-refractivity contribution in [2.24, 2.45) is 5.92 Å². The van der Waals surface area contributed by atoms with Crippen molar-refractivity contribution in [1.29, 1.82) is 0 Å². The van der Waals surface area contributed by atoms with Crippen molar-refractivity contribution in [2.45, 2.75) is 65.2 Å². The standard InChI is InChI=1S/C29H37FN6O3/c1-3-39-26(38)14-13-25(37)34-15-17-35(18-16-34)28-27-20(2)33-36(23-11-9-22(30)10-12-23)29(27)32-24(31-28)19-21-7-5-4-6-8-21/h9-12,21H,3-8,13-19H2,1-2H3. The fourth-order valence-electron chi connectivity index (χ4n) is 5.71. The summed E-state index contributed by atoms with van der Waals surface area (Å²) in [5, 5.41) is 5.67. The minimum atomic E-state index is -0.341. The van der Waals surface area contributed by atoms with Gasteiger partial charge in [-0.3, -0.25) is 9.59 Å². The predicted molar refractivity (Wildman–Crippen MR) is 146 cm³/mol. The first kappa shape index (κ1) is 27.0. The number of piperazine rings is 1. The van der Waals surface area contributed by atoms with Crippen LogP contribution in [-0.2, 0) is 20.7 Å². The van der Waals surface area contributed by atoms with E-state index in [-0.39, 0.29) is 30.5 Å². The molecular formula is C29H37FN6O3. The highest BCUT2D eigenvalue weighted by Crippen LogP contribution is 2.32. The Morgan fingerprint density at radius 1 is 1.00 bits per heavy atom. The molecule has 208 valence electrons. The Morgan fingerprint density at radius 3 is 2.41 bits per heavy atom. The highest BCUT2D eigenvalue weighted by molar-refractivity contribution is 5.91. The van der Waals surface area contributed by atoms with Crippen molar-refractivity contribution in [1.82, 2.24) is 24.6 Å². The van der Waals surface area contributed by atoms with Crippen LogP contribution in [0.2, 0.25) is 0 Å². The number of rotatable bonds is 8. The Balaban J connectivity index is 1.41. The van der Waals surface area contributed by atoms with Gasteiger partial charge in [0.25, 0.3) is 0 Å². The SMILES string of the molecule is CCOC(=O)CCC(=O)N1CCN(c2nc(CC3CCCCC3)nc3c2c(C)nn3-c2ccc(F)cc2)CC1. The van der Waals surface area contributed by atoms with Gasteiger partial charge >= 0.3 is 5.97 Å². The molecule has 1 amide bonds. The van der Waals surface area contributed by atoms with Crippen molar-refractivity contribution >= 4 is 28.7 Å². The first-order valence-corrected chi connectivity index (χ1v) is 14.1. The number of halogens is 1. The zero-order chi connectivity index (χ0) is 27.4. The van der Waals surface area contributed by atoms with Crippen molar-refractivity contribution in [3.05, 3.63) is 41.6 Å². The summed E-state index contributed by atoms with van der Waals surface area (Å²) >= 11 is 0. The summed E-state index contributed by atoms with van der Waals surface area (Å²) in [5.41, 5.74) is 2.28. The van der Waals surface area contributed by atoms with Gasteiger partial charge in [0, 0.05) is 39.0 Å². The molecule has 3 heterocycles. The van der Waals surface area contributed by atoms with Crippen LogP contribution in [-0.4, -0.2) is 69.3 Å². The van der Waals surface area contributed by atoms with Gasteiger partial charge in [-0.25, -0.2) is 19.0 Å². The highest BCUT2D eigenvalue weighted by Gasteiger charge is 2.27. The number of aromatic nitrogens is 4. The molecule has 1 aliphatic carbocycles. The third-order valence-corrected chi connectivity index (χ3v) is 7.78. The van der Waals surface area contributed by atoms with E-state index in [1.165, 1.54) is 44.2 Å². The topological polar surface area (TPSA) is 93.5 Å². The van der Waals surface area contributed by atoms with E-state index < -0.39 is 0 Å². The maximum atomic E-state index is 13.7. The zero-order valence-corrected chi connectivity index (χ0v) is 22.9. The number of anilines is 1. The molecule has 0 bridgehead atoms. The van der Waals surface area contributed by atoms with Gasteiger partial charge in [-0.05, 0) is 44.0 Å². The summed E-state index contributed by atoms with van der Waals surface area (Å²) in [6, 6.07) is 6.29. The molecular weight excluding hydrogens is 499 g/mol. The Kier molecular flexibility index (Phi) is 8.38. The molecule has 1 aromatic carbocycles. The summed E-state index contributed by atoms with van der Waals surface area (Å²) in [6.45, 7) is 6.38. The summed E-state index contributed by atoms with van der Waals surface area (Å²) in [5.74, 6) is 1.55. The van der Waals surface area contributed by atoms with Crippen molar-refractivity contribution in [2.75, 3.05) is 37.7 Å². The van der Waals surface area contributed by atoms with Crippen molar-refractivity contribution in [3.8, 4) is 5.69 Å². The number of ether oxygens (including phenoxy) is 1. The molecule has 2 aromatic heterocycles. The van der Waals surface area contributed by atoms with Crippen LogP contribution in [0.5, 0.6) is 0 Å². The number of benzene rings is 1. The van der Waals surface area contributed by atoms with Gasteiger partial charge in [-0.15, -0.1) is 0 Å². The van der Waals surface area contributed by atoms with Crippen LogP contribution in [0.3, 0.4) is 0 Å². The molecule has 0 unspecified atom stereocenters. The van der Waals surface area contributed by atoms with Crippen LogP contribution in [0.25, 0.3) is 16.7 Å². The molecule has 1 saturated heterocycles. The van der Waals surface area contributed by atoms with Crippen molar-refractivity contribution in [3.63, 3.8) is 0 Å². The molecule has 0 atom stereocenters. The van der Waals surface area contributed by atoms with Gasteiger partial charge in [0.1, 0.15) is 17.5 Å². The molecule has 10 heteroatoms. The Bertz CT molecular complexity index is 1310. The van der Waals surface area contributed by atoms with E-state index in [1.807, 2.05) is 11.8 Å². The van der Waals surface area contributed by atoms with Crippen LogP contribution in [0.4, 0.5) is 10.2 Å². The lowest BCUT2D eigenvalue weighted by Crippen LogP contribution is -2.49. The van der Waals surface area contributed by atoms with E-state index in [1.54, 1.807) is 23.7 Å². The molecule has 2 aliphatic rings. The number of carbonyl (C=O) groups excluding carboxylic acids is 2. The smallest absolute Gasteiger partial charge is 0.306 e. The first-order valence-electron chi connectivity index (χ1n) is 14.1. The molecule has 1 aliphatic heterocycles. The van der Waals surface area contributed by atoms with Gasteiger partial charge in [0.2, 0.25) is 5.91 Å². The fourth-order valence-corrected chi connectivity index (χ4v) is 5.71. The van der Waals surface area contributed by atoms with Crippen LogP contribution < -0.4 is 4.90 Å². The van der Waals surface area contributed by atoms with E-state index in [0.717, 1.165) is 40.5 Å². The minimum absolute atomic E-state index is 0.0335. The summed E-state index contributed by atoms with van der Waals surface area (Å²) in [6.07, 6.45) is 7.26. The van der Waals surface area contributed by atoms with Crippen LogP contribution in [0.15, 0.2) is 24.3 Å². The quantitative estimate of drug-likeness (QED) is 0.395. The average Bonchev–Trinajstić information content (AvgIpc) is 3.28. The van der Waals surface area contributed by atoms with Crippen molar-refractivity contribution < 1.29 is 18.7 Å². The maximum Gasteiger partial charge on any atom is 0.306 e. The Hall–Kier alpha value is -3.56. The number of aryl methyl sites for hydroxylation is 1. The summed E-state index contributed by atoms with van der Waals surface area (Å²) in [7, 11) is 0. The van der Waals surface area contributed by atoms with E-state index in [4.69, 9.17) is 19.8 Å². The molecule has 0 radical (unpaired) electrons. The van der Waals surface area contributed by atoms with Gasteiger partial charge in [-0.2, -0.15) is 5.10 Å². The van der Waals surface area contributed by atoms with E-state index in [0.29, 0.717) is 38.7 Å². The lowest BCUT2D eigenvalue weighted by atomic mass is 9.87. The van der Waals surface area contributed by atoms with Crippen LogP contribution in [0.1, 0.15) is 63.4 Å². The normalized spacial score (nSPS) is 16.6. The summed E-state index contributed by atoms with van der Waals surface area (Å²) in [4.78, 5) is 38.5. The monoisotopic (exact) mass is 536 g/mol. The molecule has 39 heavy (non-hydrogen) atoms. The molecule has 9 nitrogen and oxygen atoms in total. The highest BCUT2D eigenvalue weighted by atomic mass is 19.1. The zero-order valence-electron chi connectivity index (χ0n) is 22.9. The fraction of sp³-hybridized carbons (Fsp3) is 0.552. The number of carbonyl (C=O) groups is 2. The number of nitrogens with zero attached hydrogens (tertiary/aromatic N) is 6. The predicted octanol–water partition coefficient (Wildman–Crippen LogP) is 4.38. The van der Waals surface area contributed by atoms with E-state index >= 15 is 0 Å². The van der Waals surface area contributed by atoms with Gasteiger partial charge in [-0.1, -0.05) is 32.1 Å². The molecule has 0 spiro atoms. The summed E-state index contributed by atoms with van der Waals surface area (Å²) < 4.78 is 20.4. The number of hydrogen-bond donors (Lipinski definition) is 0. The molecule has 3 aromatic rings. The van der Waals surface area contributed by atoms with Gasteiger partial charge in [0.05, 0.1) is 29.8 Å². The number of hydrogen-bond acceptors (Lipinski definition) is 7. The second-order valence-electron chi connectivity index (χ2n) is 10.5. The largest absolute Gasteiger partial charge is 0.466 e. The third kappa shape index (κ3) is 6.20. The molecule has 1 saturated carbocycles. The van der Waals surface area contributed by atoms with E-state index in [9.17, 15) is 14.0 Å². The lowest BCUT2D eigenvalue weighted by Gasteiger charge is -2.36.